The van der Waals surface area contributed by atoms with Crippen LogP contribution in [0.1, 0.15) is 24.7 Å². The van der Waals surface area contributed by atoms with Gasteiger partial charge in [0.1, 0.15) is 11.3 Å². The fourth-order valence-electron chi connectivity index (χ4n) is 2.16. The van der Waals surface area contributed by atoms with Gasteiger partial charge in [-0.3, -0.25) is 0 Å². The number of hydrogen-bond acceptors (Lipinski definition) is 2. The highest BCUT2D eigenvalue weighted by atomic mass is 19.2. The number of nitrogens with zero attached hydrogens (tertiary/aromatic N) is 1. The summed E-state index contributed by atoms with van der Waals surface area (Å²) in [4.78, 5) is 6.82. The highest BCUT2D eigenvalue weighted by Crippen LogP contribution is 2.26. The lowest BCUT2D eigenvalue weighted by Crippen LogP contribution is -2.14. The molecule has 0 amide bonds. The third-order valence-electron chi connectivity index (χ3n) is 3.02. The molecule has 1 unspecified atom stereocenters. The summed E-state index contributed by atoms with van der Waals surface area (Å²) < 4.78 is 39.5. The molecule has 0 saturated carbocycles. The largest absolute Gasteiger partial charge is 0.340 e. The van der Waals surface area contributed by atoms with Gasteiger partial charge in [0.15, 0.2) is 17.5 Å². The zero-order valence-electron chi connectivity index (χ0n) is 8.86. The van der Waals surface area contributed by atoms with Crippen molar-refractivity contribution in [3.63, 3.8) is 0 Å². The topological polar surface area (TPSA) is 40.7 Å². The molecule has 2 N–H and O–H groups in total. The van der Waals surface area contributed by atoms with E-state index in [0.717, 1.165) is 25.5 Å². The van der Waals surface area contributed by atoms with Crippen LogP contribution in [-0.2, 0) is 0 Å². The van der Waals surface area contributed by atoms with Crippen LogP contribution in [0.3, 0.4) is 0 Å². The van der Waals surface area contributed by atoms with Crippen molar-refractivity contribution in [1.82, 2.24) is 15.3 Å². The Morgan fingerprint density at radius 1 is 1.24 bits per heavy atom. The van der Waals surface area contributed by atoms with Gasteiger partial charge in [-0.15, -0.1) is 0 Å². The predicted molar refractivity (Wildman–Crippen MR) is 55.9 cm³/mol. The first kappa shape index (κ1) is 10.6. The second-order valence-corrected chi connectivity index (χ2v) is 4.15. The number of hydrogen-bond donors (Lipinski definition) is 2. The summed E-state index contributed by atoms with van der Waals surface area (Å²) in [6.07, 6.45) is 1.89. The van der Waals surface area contributed by atoms with Crippen LogP contribution in [0, 0.1) is 17.5 Å². The molecule has 90 valence electrons. The summed E-state index contributed by atoms with van der Waals surface area (Å²) in [6, 6.07) is 0.937. The van der Waals surface area contributed by atoms with E-state index in [9.17, 15) is 13.2 Å². The van der Waals surface area contributed by atoms with Crippen molar-refractivity contribution in [2.24, 2.45) is 0 Å². The Morgan fingerprint density at radius 3 is 2.76 bits per heavy atom. The first-order valence-corrected chi connectivity index (χ1v) is 5.43. The molecule has 1 atom stereocenters. The van der Waals surface area contributed by atoms with Gasteiger partial charge in [-0.05, 0) is 19.4 Å². The van der Waals surface area contributed by atoms with E-state index < -0.39 is 17.5 Å². The summed E-state index contributed by atoms with van der Waals surface area (Å²) in [5, 5.41) is 3.18. The second kappa shape index (κ2) is 3.73. The third kappa shape index (κ3) is 1.59. The molecule has 0 bridgehead atoms. The summed E-state index contributed by atoms with van der Waals surface area (Å²) >= 11 is 0. The van der Waals surface area contributed by atoms with Gasteiger partial charge in [-0.25, -0.2) is 18.2 Å². The number of fused-ring (bicyclic) bond motifs is 1. The van der Waals surface area contributed by atoms with Crippen LogP contribution in [0.5, 0.6) is 0 Å². The first-order valence-electron chi connectivity index (χ1n) is 5.43. The van der Waals surface area contributed by atoms with Gasteiger partial charge < -0.3 is 10.3 Å². The summed E-state index contributed by atoms with van der Waals surface area (Å²) in [6.45, 7) is 0.868. The Hall–Kier alpha value is -1.56. The molecule has 3 rings (SSSR count). The molecule has 1 aromatic carbocycles. The van der Waals surface area contributed by atoms with Gasteiger partial charge in [0.25, 0.3) is 0 Å². The first-order chi connectivity index (χ1) is 8.16. The molecule has 3 nitrogen and oxygen atoms in total. The van der Waals surface area contributed by atoms with Crippen LogP contribution in [0.25, 0.3) is 11.0 Å². The van der Waals surface area contributed by atoms with Crippen molar-refractivity contribution in [1.29, 1.82) is 0 Å². The molecule has 0 aliphatic carbocycles. The van der Waals surface area contributed by atoms with Gasteiger partial charge in [0.05, 0.1) is 11.6 Å². The number of imidazole rings is 1. The van der Waals surface area contributed by atoms with Crippen LogP contribution in [0.4, 0.5) is 13.2 Å². The van der Waals surface area contributed by atoms with Crippen molar-refractivity contribution in [2.75, 3.05) is 6.54 Å². The van der Waals surface area contributed by atoms with E-state index >= 15 is 0 Å². The maximum atomic E-state index is 13.4. The number of rotatable bonds is 1. The van der Waals surface area contributed by atoms with E-state index in [1.165, 1.54) is 0 Å². The molecular formula is C11H10F3N3. The van der Waals surface area contributed by atoms with Crippen LogP contribution < -0.4 is 5.32 Å². The molecule has 1 aliphatic rings. The molecule has 1 aliphatic heterocycles. The van der Waals surface area contributed by atoms with Crippen LogP contribution in [-0.4, -0.2) is 16.5 Å². The van der Waals surface area contributed by atoms with Crippen molar-refractivity contribution in [3.8, 4) is 0 Å². The number of halogens is 3. The van der Waals surface area contributed by atoms with Crippen LogP contribution in [0.15, 0.2) is 6.07 Å². The average molecular weight is 241 g/mol. The Kier molecular flexibility index (Phi) is 2.32. The molecule has 1 aromatic heterocycles. The van der Waals surface area contributed by atoms with Crippen molar-refractivity contribution in [3.05, 3.63) is 29.3 Å². The number of benzene rings is 1. The molecule has 0 spiro atoms. The quantitative estimate of drug-likeness (QED) is 0.753. The standard InChI is InChI=1S/C11H10F3N3/c12-5-4-7-10(9(14)8(5)13)17-11(16-7)6-2-1-3-15-6/h4,6,15H,1-3H2,(H,16,17). The summed E-state index contributed by atoms with van der Waals surface area (Å²) in [7, 11) is 0. The molecule has 6 heteroatoms. The minimum atomic E-state index is -1.48. The molecule has 2 heterocycles. The highest BCUT2D eigenvalue weighted by molar-refractivity contribution is 5.76. The number of aromatic nitrogens is 2. The van der Waals surface area contributed by atoms with E-state index in [2.05, 4.69) is 15.3 Å². The maximum absolute atomic E-state index is 13.4. The van der Waals surface area contributed by atoms with Crippen molar-refractivity contribution >= 4 is 11.0 Å². The van der Waals surface area contributed by atoms with E-state index in [-0.39, 0.29) is 17.1 Å². The summed E-state index contributed by atoms with van der Waals surface area (Å²) in [5.41, 5.74) is 0.0395. The van der Waals surface area contributed by atoms with E-state index in [1.807, 2.05) is 0 Å². The number of H-pyrrole nitrogens is 1. The van der Waals surface area contributed by atoms with E-state index in [1.54, 1.807) is 0 Å². The number of nitrogens with one attached hydrogen (secondary N) is 2. The Bertz CT molecular complexity index is 573. The lowest BCUT2D eigenvalue weighted by molar-refractivity contribution is 0.452. The Morgan fingerprint density at radius 2 is 2.06 bits per heavy atom. The maximum Gasteiger partial charge on any atom is 0.196 e. The fraction of sp³-hybridized carbons (Fsp3) is 0.364. The zero-order chi connectivity index (χ0) is 12.0. The minimum absolute atomic E-state index is 0.00734. The Balaban J connectivity index is 2.15. The zero-order valence-corrected chi connectivity index (χ0v) is 8.86. The SMILES string of the molecule is Fc1cc2[nH]c(C3CCCN3)nc2c(F)c1F. The van der Waals surface area contributed by atoms with Crippen molar-refractivity contribution in [2.45, 2.75) is 18.9 Å². The van der Waals surface area contributed by atoms with Crippen LogP contribution in [0.2, 0.25) is 0 Å². The van der Waals surface area contributed by atoms with Gasteiger partial charge >= 0.3 is 0 Å². The molecule has 2 aromatic rings. The minimum Gasteiger partial charge on any atom is -0.340 e. The predicted octanol–water partition coefficient (Wildman–Crippen LogP) is 2.40. The Labute approximate surface area is 95.0 Å². The van der Waals surface area contributed by atoms with Crippen LogP contribution >= 0.6 is 0 Å². The van der Waals surface area contributed by atoms with Crippen molar-refractivity contribution < 1.29 is 13.2 Å². The van der Waals surface area contributed by atoms with Gasteiger partial charge in [0, 0.05) is 6.07 Å². The lowest BCUT2D eigenvalue weighted by atomic mass is 10.2. The molecule has 1 fully saturated rings. The average Bonchev–Trinajstić information content (AvgIpc) is 2.93. The smallest absolute Gasteiger partial charge is 0.196 e. The lowest BCUT2D eigenvalue weighted by Gasteiger charge is -2.04. The molecule has 1 saturated heterocycles. The fourth-order valence-corrected chi connectivity index (χ4v) is 2.16. The molecule has 17 heavy (non-hydrogen) atoms. The summed E-state index contributed by atoms with van der Waals surface area (Å²) in [5.74, 6) is -3.39. The van der Waals surface area contributed by atoms with Gasteiger partial charge in [0.2, 0.25) is 0 Å². The third-order valence-corrected chi connectivity index (χ3v) is 3.02. The highest BCUT2D eigenvalue weighted by Gasteiger charge is 2.22. The molecule has 0 radical (unpaired) electrons. The molecular weight excluding hydrogens is 231 g/mol. The number of aromatic amines is 1. The monoisotopic (exact) mass is 241 g/mol. The van der Waals surface area contributed by atoms with Gasteiger partial charge in [-0.2, -0.15) is 0 Å². The van der Waals surface area contributed by atoms with E-state index in [4.69, 9.17) is 0 Å². The normalized spacial score (nSPS) is 20.3. The second-order valence-electron chi connectivity index (χ2n) is 4.15. The van der Waals surface area contributed by atoms with Gasteiger partial charge in [-0.1, -0.05) is 0 Å². The van der Waals surface area contributed by atoms with E-state index in [0.29, 0.717) is 5.82 Å².